The van der Waals surface area contributed by atoms with Crippen LogP contribution >= 0.6 is 0 Å². The first-order valence-electron chi connectivity index (χ1n) is 10.5. The van der Waals surface area contributed by atoms with Crippen LogP contribution in [0.5, 0.6) is 5.75 Å². The summed E-state index contributed by atoms with van der Waals surface area (Å²) in [5.74, 6) is 0.173. The zero-order chi connectivity index (χ0) is 23.3. The van der Waals surface area contributed by atoms with Gasteiger partial charge in [0.1, 0.15) is 5.75 Å². The fourth-order valence-corrected chi connectivity index (χ4v) is 3.67. The van der Waals surface area contributed by atoms with E-state index >= 15 is 0 Å². The van der Waals surface area contributed by atoms with E-state index in [1.807, 2.05) is 18.2 Å². The number of hydrogen-bond acceptors (Lipinski definition) is 5. The number of methoxy groups -OCH3 is 1. The van der Waals surface area contributed by atoms with E-state index in [1.54, 1.807) is 37.5 Å². The summed E-state index contributed by atoms with van der Waals surface area (Å²) in [5, 5.41) is 8.80. The van der Waals surface area contributed by atoms with Crippen molar-refractivity contribution in [1.29, 1.82) is 0 Å². The van der Waals surface area contributed by atoms with Crippen LogP contribution in [0, 0.1) is 0 Å². The monoisotopic (exact) mass is 435 g/mol. The van der Waals surface area contributed by atoms with Crippen molar-refractivity contribution in [3.05, 3.63) is 70.8 Å². The number of allylic oxidation sites excluding steroid dienone is 1. The van der Waals surface area contributed by atoms with Gasteiger partial charge in [0.05, 0.1) is 7.11 Å². The van der Waals surface area contributed by atoms with E-state index in [0.717, 1.165) is 29.0 Å². The van der Waals surface area contributed by atoms with Crippen LogP contribution in [0.2, 0.25) is 0 Å². The molecule has 7 heteroatoms. The van der Waals surface area contributed by atoms with Gasteiger partial charge in [0.25, 0.3) is 5.91 Å². The first-order valence-corrected chi connectivity index (χ1v) is 10.5. The number of carbonyl (C=O) groups excluding carboxylic acids is 3. The third-order valence-corrected chi connectivity index (χ3v) is 5.20. The number of amides is 2. The standard InChI is InChI=1S/C25H29N3O4/c1-16(29)26-11-12-27-24(31)18-7-5-17(6-8-18)23(30)14-22-21-13-20(32-4)10-9-19(21)15-25(2,3)28-22/h5-10,13-14,28H,11-12,15H2,1-4H3,(H,26,29)(H,27,31)/b22-14-. The van der Waals surface area contributed by atoms with Crippen LogP contribution in [0.1, 0.15) is 52.6 Å². The quantitative estimate of drug-likeness (QED) is 0.353. The van der Waals surface area contributed by atoms with Gasteiger partial charge in [0.2, 0.25) is 5.91 Å². The number of nitrogens with one attached hydrogen (secondary N) is 3. The molecule has 0 saturated heterocycles. The third kappa shape index (κ3) is 5.75. The molecule has 2 amide bonds. The van der Waals surface area contributed by atoms with E-state index in [2.05, 4.69) is 29.8 Å². The van der Waals surface area contributed by atoms with Gasteiger partial charge in [-0.3, -0.25) is 14.4 Å². The summed E-state index contributed by atoms with van der Waals surface area (Å²) in [4.78, 5) is 36.0. The van der Waals surface area contributed by atoms with Crippen LogP contribution in [0.15, 0.2) is 48.5 Å². The molecule has 168 valence electrons. The maximum atomic E-state index is 13.0. The van der Waals surface area contributed by atoms with E-state index in [-0.39, 0.29) is 23.1 Å². The van der Waals surface area contributed by atoms with Crippen molar-refractivity contribution in [2.24, 2.45) is 0 Å². The zero-order valence-electron chi connectivity index (χ0n) is 18.9. The molecule has 32 heavy (non-hydrogen) atoms. The van der Waals surface area contributed by atoms with E-state index in [0.29, 0.717) is 24.2 Å². The molecular weight excluding hydrogens is 406 g/mol. The minimum atomic E-state index is -0.260. The first-order chi connectivity index (χ1) is 15.2. The second-order valence-electron chi connectivity index (χ2n) is 8.45. The van der Waals surface area contributed by atoms with Crippen LogP contribution in [0.25, 0.3) is 5.70 Å². The van der Waals surface area contributed by atoms with Crippen LogP contribution < -0.4 is 20.7 Å². The van der Waals surface area contributed by atoms with Crippen molar-refractivity contribution in [1.82, 2.24) is 16.0 Å². The van der Waals surface area contributed by atoms with Crippen molar-refractivity contribution < 1.29 is 19.1 Å². The Hall–Kier alpha value is -3.61. The summed E-state index contributed by atoms with van der Waals surface area (Å²) in [6.07, 6.45) is 2.44. The SMILES string of the molecule is COc1ccc2c(c1)/C(=C/C(=O)c1ccc(C(=O)NCCNC(C)=O)cc1)NC(C)(C)C2. The number of hydrogen-bond donors (Lipinski definition) is 3. The molecule has 0 bridgehead atoms. The van der Waals surface area contributed by atoms with Gasteiger partial charge in [0.15, 0.2) is 5.78 Å². The number of ether oxygens (including phenoxy) is 1. The highest BCUT2D eigenvalue weighted by Gasteiger charge is 2.28. The molecule has 7 nitrogen and oxygen atoms in total. The van der Waals surface area contributed by atoms with Gasteiger partial charge in [0, 0.05) is 54.0 Å². The molecule has 0 fully saturated rings. The van der Waals surface area contributed by atoms with Crippen LogP contribution in [-0.2, 0) is 11.2 Å². The molecule has 1 aliphatic rings. The van der Waals surface area contributed by atoms with Gasteiger partial charge in [-0.1, -0.05) is 18.2 Å². The van der Waals surface area contributed by atoms with E-state index in [4.69, 9.17) is 4.74 Å². The molecule has 0 aliphatic carbocycles. The molecule has 0 spiro atoms. The lowest BCUT2D eigenvalue weighted by atomic mass is 9.85. The highest BCUT2D eigenvalue weighted by atomic mass is 16.5. The summed E-state index contributed by atoms with van der Waals surface area (Å²) in [7, 11) is 1.62. The van der Waals surface area contributed by atoms with Crippen molar-refractivity contribution in [3.63, 3.8) is 0 Å². The molecule has 3 rings (SSSR count). The van der Waals surface area contributed by atoms with Gasteiger partial charge >= 0.3 is 0 Å². The van der Waals surface area contributed by atoms with Gasteiger partial charge in [-0.25, -0.2) is 0 Å². The van der Waals surface area contributed by atoms with Crippen LogP contribution in [-0.4, -0.2) is 43.3 Å². The Labute approximate surface area is 188 Å². The van der Waals surface area contributed by atoms with Gasteiger partial charge < -0.3 is 20.7 Å². The van der Waals surface area contributed by atoms with E-state index in [1.165, 1.54) is 6.92 Å². The molecule has 0 saturated carbocycles. The Morgan fingerprint density at radius 1 is 1.03 bits per heavy atom. The Bertz CT molecular complexity index is 1060. The lowest BCUT2D eigenvalue weighted by Gasteiger charge is -2.35. The number of fused-ring (bicyclic) bond motifs is 1. The Kier molecular flexibility index (Phi) is 6.98. The van der Waals surface area contributed by atoms with Crippen molar-refractivity contribution in [3.8, 4) is 5.75 Å². The minimum Gasteiger partial charge on any atom is -0.497 e. The maximum absolute atomic E-state index is 13.0. The van der Waals surface area contributed by atoms with Crippen molar-refractivity contribution in [2.45, 2.75) is 32.7 Å². The highest BCUT2D eigenvalue weighted by Crippen LogP contribution is 2.32. The topological polar surface area (TPSA) is 96.5 Å². The van der Waals surface area contributed by atoms with E-state index < -0.39 is 0 Å². The molecule has 0 aromatic heterocycles. The Morgan fingerprint density at radius 3 is 2.34 bits per heavy atom. The smallest absolute Gasteiger partial charge is 0.251 e. The van der Waals surface area contributed by atoms with Gasteiger partial charge in [-0.05, 0) is 50.1 Å². The normalized spacial score (nSPS) is 15.3. The second-order valence-corrected chi connectivity index (χ2v) is 8.45. The summed E-state index contributed by atoms with van der Waals surface area (Å²) in [6, 6.07) is 12.4. The Balaban J connectivity index is 1.75. The molecule has 2 aromatic carbocycles. The minimum absolute atomic E-state index is 0.145. The van der Waals surface area contributed by atoms with E-state index in [9.17, 15) is 14.4 Å². The zero-order valence-corrected chi connectivity index (χ0v) is 18.9. The number of benzene rings is 2. The third-order valence-electron chi connectivity index (χ3n) is 5.20. The molecule has 0 unspecified atom stereocenters. The highest BCUT2D eigenvalue weighted by molar-refractivity contribution is 6.09. The largest absolute Gasteiger partial charge is 0.497 e. The summed E-state index contributed by atoms with van der Waals surface area (Å²) >= 11 is 0. The van der Waals surface area contributed by atoms with Crippen molar-refractivity contribution in [2.75, 3.05) is 20.2 Å². The first kappa shape index (κ1) is 23.1. The molecule has 0 radical (unpaired) electrons. The molecule has 0 atom stereocenters. The van der Waals surface area contributed by atoms with Crippen molar-refractivity contribution >= 4 is 23.3 Å². The Morgan fingerprint density at radius 2 is 1.69 bits per heavy atom. The second kappa shape index (κ2) is 9.68. The number of carbonyl (C=O) groups is 3. The van der Waals surface area contributed by atoms with Gasteiger partial charge in [-0.2, -0.15) is 0 Å². The van der Waals surface area contributed by atoms with Gasteiger partial charge in [-0.15, -0.1) is 0 Å². The fourth-order valence-electron chi connectivity index (χ4n) is 3.67. The lowest BCUT2D eigenvalue weighted by Crippen LogP contribution is -2.43. The fraction of sp³-hybridized carbons (Fsp3) is 0.320. The summed E-state index contributed by atoms with van der Waals surface area (Å²) in [5.41, 5.74) is 3.60. The predicted octanol–water partition coefficient (Wildman–Crippen LogP) is 2.71. The van der Waals surface area contributed by atoms with Crippen LogP contribution in [0.4, 0.5) is 0 Å². The van der Waals surface area contributed by atoms with Crippen LogP contribution in [0.3, 0.4) is 0 Å². The molecule has 1 aliphatic heterocycles. The predicted molar refractivity (Wildman–Crippen MR) is 124 cm³/mol. The number of ketones is 1. The summed E-state index contributed by atoms with van der Waals surface area (Å²) < 4.78 is 5.35. The lowest BCUT2D eigenvalue weighted by molar-refractivity contribution is -0.118. The number of rotatable bonds is 7. The maximum Gasteiger partial charge on any atom is 0.251 e. The summed E-state index contributed by atoms with van der Waals surface area (Å²) in [6.45, 7) is 6.30. The molecule has 1 heterocycles. The average molecular weight is 436 g/mol. The molecule has 2 aromatic rings. The molecule has 3 N–H and O–H groups in total. The molecular formula is C25H29N3O4. The average Bonchev–Trinajstić information content (AvgIpc) is 2.75.